The number of para-hydroxylation sites is 1. The van der Waals surface area contributed by atoms with Gasteiger partial charge in [-0.05, 0) is 19.5 Å². The molecule has 114 valence electrons. The van der Waals surface area contributed by atoms with Gasteiger partial charge in [0.05, 0.1) is 12.6 Å². The summed E-state index contributed by atoms with van der Waals surface area (Å²) in [7, 11) is 0. The summed E-state index contributed by atoms with van der Waals surface area (Å²) in [4.78, 5) is 25.0. The lowest BCUT2D eigenvalue weighted by molar-refractivity contribution is -0.138. The van der Waals surface area contributed by atoms with Gasteiger partial charge in [0.25, 0.3) is 0 Å². The molecule has 1 aromatic carbocycles. The van der Waals surface area contributed by atoms with E-state index in [2.05, 4.69) is 5.32 Å². The molecule has 5 nitrogen and oxygen atoms in total. The third kappa shape index (κ3) is 3.61. The number of hydrogen-bond donors (Lipinski definition) is 1. The molecule has 0 spiro atoms. The second-order valence-corrected chi connectivity index (χ2v) is 4.98. The lowest BCUT2D eigenvalue weighted by atomic mass is 10.0. The van der Waals surface area contributed by atoms with Gasteiger partial charge in [-0.2, -0.15) is 0 Å². The first-order chi connectivity index (χ1) is 10.2. The Bertz CT molecular complexity index is 500. The number of amides is 2. The van der Waals surface area contributed by atoms with Crippen molar-refractivity contribution in [3.63, 3.8) is 0 Å². The third-order valence-corrected chi connectivity index (χ3v) is 3.56. The fourth-order valence-electron chi connectivity index (χ4n) is 2.58. The third-order valence-electron chi connectivity index (χ3n) is 3.56. The van der Waals surface area contributed by atoms with E-state index >= 15 is 0 Å². The zero-order chi connectivity index (χ0) is 15.2. The molecule has 0 bridgehead atoms. The maximum atomic E-state index is 11.8. The molecule has 2 rings (SSSR count). The number of rotatable bonds is 7. The Hall–Kier alpha value is -1.88. The number of imide groups is 1. The van der Waals surface area contributed by atoms with Crippen molar-refractivity contribution in [1.82, 2.24) is 10.2 Å². The normalized spacial score (nSPS) is 16.4. The van der Waals surface area contributed by atoms with Crippen molar-refractivity contribution in [2.75, 3.05) is 19.7 Å². The van der Waals surface area contributed by atoms with Gasteiger partial charge < -0.3 is 10.1 Å². The van der Waals surface area contributed by atoms with Crippen molar-refractivity contribution in [3.8, 4) is 5.75 Å². The highest BCUT2D eigenvalue weighted by atomic mass is 16.5. The van der Waals surface area contributed by atoms with E-state index in [0.29, 0.717) is 26.0 Å². The van der Waals surface area contributed by atoms with Gasteiger partial charge >= 0.3 is 0 Å². The van der Waals surface area contributed by atoms with E-state index in [9.17, 15) is 9.59 Å². The molecular weight excluding hydrogens is 268 g/mol. The Morgan fingerprint density at radius 2 is 1.86 bits per heavy atom. The minimum absolute atomic E-state index is 0.0863. The van der Waals surface area contributed by atoms with Crippen molar-refractivity contribution in [3.05, 3.63) is 29.8 Å². The van der Waals surface area contributed by atoms with Crippen LogP contribution < -0.4 is 10.1 Å². The molecule has 5 heteroatoms. The summed E-state index contributed by atoms with van der Waals surface area (Å²) >= 11 is 0. The lowest BCUT2D eigenvalue weighted by Crippen LogP contribution is -2.38. The van der Waals surface area contributed by atoms with Crippen LogP contribution >= 0.6 is 0 Å². The second-order valence-electron chi connectivity index (χ2n) is 4.98. The van der Waals surface area contributed by atoms with Crippen LogP contribution in [0.1, 0.15) is 38.3 Å². The molecule has 1 saturated heterocycles. The van der Waals surface area contributed by atoms with Crippen molar-refractivity contribution < 1.29 is 14.3 Å². The maximum absolute atomic E-state index is 11.8. The molecule has 0 aromatic heterocycles. The number of carbonyl (C=O) groups excluding carboxylic acids is 2. The molecule has 0 aliphatic carbocycles. The highest BCUT2D eigenvalue weighted by molar-refractivity contribution is 6.01. The maximum Gasteiger partial charge on any atom is 0.229 e. The van der Waals surface area contributed by atoms with Crippen LogP contribution in [0.5, 0.6) is 5.75 Å². The molecule has 0 saturated carbocycles. The zero-order valence-corrected chi connectivity index (χ0v) is 12.6. The number of nitrogens with zero attached hydrogens (tertiary/aromatic N) is 1. The van der Waals surface area contributed by atoms with Gasteiger partial charge in [-0.25, -0.2) is 0 Å². The molecule has 1 aromatic rings. The Morgan fingerprint density at radius 1 is 1.19 bits per heavy atom. The van der Waals surface area contributed by atoms with Gasteiger partial charge in [-0.3, -0.25) is 14.5 Å². The van der Waals surface area contributed by atoms with Gasteiger partial charge in [0.15, 0.2) is 0 Å². The molecular formula is C16H22N2O3. The highest BCUT2D eigenvalue weighted by Gasteiger charge is 2.31. The summed E-state index contributed by atoms with van der Waals surface area (Å²) in [5, 5.41) is 3.34. The van der Waals surface area contributed by atoms with Gasteiger partial charge in [-0.1, -0.05) is 25.1 Å². The average Bonchev–Trinajstić information content (AvgIpc) is 2.79. The number of benzene rings is 1. The van der Waals surface area contributed by atoms with E-state index in [1.54, 1.807) is 0 Å². The van der Waals surface area contributed by atoms with Crippen LogP contribution in [0.4, 0.5) is 0 Å². The Labute approximate surface area is 125 Å². The number of likely N-dealkylation sites (tertiary alicyclic amines) is 1. The predicted octanol–water partition coefficient (Wildman–Crippen LogP) is 1.88. The molecule has 1 aliphatic heterocycles. The van der Waals surface area contributed by atoms with E-state index in [0.717, 1.165) is 17.9 Å². The molecule has 1 unspecified atom stereocenters. The number of ether oxygens (including phenoxy) is 1. The summed E-state index contributed by atoms with van der Waals surface area (Å²) < 4.78 is 5.65. The summed E-state index contributed by atoms with van der Waals surface area (Å²) in [6, 6.07) is 7.64. The van der Waals surface area contributed by atoms with E-state index in [1.165, 1.54) is 4.90 Å². The molecule has 1 aliphatic rings. The van der Waals surface area contributed by atoms with Crippen molar-refractivity contribution in [1.29, 1.82) is 0 Å². The van der Waals surface area contributed by atoms with Crippen LogP contribution in [-0.2, 0) is 9.59 Å². The lowest BCUT2D eigenvalue weighted by Gasteiger charge is -2.25. The smallest absolute Gasteiger partial charge is 0.229 e. The van der Waals surface area contributed by atoms with Gasteiger partial charge in [-0.15, -0.1) is 0 Å². The fourth-order valence-corrected chi connectivity index (χ4v) is 2.58. The zero-order valence-electron chi connectivity index (χ0n) is 12.6. The number of hydrogen-bond acceptors (Lipinski definition) is 4. The minimum Gasteiger partial charge on any atom is -0.494 e. The fraction of sp³-hybridized carbons (Fsp3) is 0.500. The van der Waals surface area contributed by atoms with Crippen LogP contribution in [0.3, 0.4) is 0 Å². The number of likely N-dealkylation sites (N-methyl/N-ethyl adjacent to an activating group) is 1. The van der Waals surface area contributed by atoms with Crippen LogP contribution in [0.15, 0.2) is 24.3 Å². The van der Waals surface area contributed by atoms with E-state index in [1.807, 2.05) is 38.1 Å². The molecule has 0 radical (unpaired) electrons. The summed E-state index contributed by atoms with van der Waals surface area (Å²) in [5.74, 6) is 0.624. The Kier molecular flexibility index (Phi) is 5.33. The van der Waals surface area contributed by atoms with Crippen LogP contribution in [0.25, 0.3) is 0 Å². The summed E-state index contributed by atoms with van der Waals surface area (Å²) in [6.07, 6.45) is 0.648. The first-order valence-corrected chi connectivity index (χ1v) is 7.45. The van der Waals surface area contributed by atoms with Gasteiger partial charge in [0, 0.05) is 24.9 Å². The van der Waals surface area contributed by atoms with Crippen molar-refractivity contribution in [2.45, 2.75) is 32.7 Å². The summed E-state index contributed by atoms with van der Waals surface area (Å²) in [5.41, 5.74) is 0.980. The predicted molar refractivity (Wildman–Crippen MR) is 80.0 cm³/mol. The van der Waals surface area contributed by atoms with E-state index in [4.69, 9.17) is 4.74 Å². The van der Waals surface area contributed by atoms with E-state index < -0.39 is 0 Å². The standard InChI is InChI=1S/C16H22N2O3/c1-3-17-13(11-18-15(19)9-10-16(18)20)12-7-5-6-8-14(12)21-4-2/h5-8,13,17H,3-4,9-11H2,1-2H3. The van der Waals surface area contributed by atoms with E-state index in [-0.39, 0.29) is 17.9 Å². The summed E-state index contributed by atoms with van der Waals surface area (Å²) in [6.45, 7) is 5.63. The molecule has 1 N–H and O–H groups in total. The topological polar surface area (TPSA) is 58.6 Å². The SMILES string of the molecule is CCNC(CN1C(=O)CCC1=O)c1ccccc1OCC. The van der Waals surface area contributed by atoms with Crippen LogP contribution in [0, 0.1) is 0 Å². The Balaban J connectivity index is 2.22. The molecule has 2 amide bonds. The molecule has 1 heterocycles. The van der Waals surface area contributed by atoms with Crippen molar-refractivity contribution in [2.24, 2.45) is 0 Å². The van der Waals surface area contributed by atoms with Crippen LogP contribution in [0.2, 0.25) is 0 Å². The minimum atomic E-state index is -0.108. The molecule has 1 fully saturated rings. The quantitative estimate of drug-likeness (QED) is 0.779. The number of nitrogens with one attached hydrogen (secondary N) is 1. The van der Waals surface area contributed by atoms with Crippen molar-refractivity contribution >= 4 is 11.8 Å². The molecule has 1 atom stereocenters. The Morgan fingerprint density at radius 3 is 2.48 bits per heavy atom. The van der Waals surface area contributed by atoms with Gasteiger partial charge in [0.2, 0.25) is 11.8 Å². The first kappa shape index (κ1) is 15.5. The second kappa shape index (κ2) is 7.22. The largest absolute Gasteiger partial charge is 0.494 e. The molecule has 21 heavy (non-hydrogen) atoms. The average molecular weight is 290 g/mol. The first-order valence-electron chi connectivity index (χ1n) is 7.45. The van der Waals surface area contributed by atoms with Crippen LogP contribution in [-0.4, -0.2) is 36.4 Å². The monoisotopic (exact) mass is 290 g/mol. The number of carbonyl (C=O) groups is 2. The highest BCUT2D eigenvalue weighted by Crippen LogP contribution is 2.27. The van der Waals surface area contributed by atoms with Gasteiger partial charge in [0.1, 0.15) is 5.75 Å².